The zero-order valence-corrected chi connectivity index (χ0v) is 12.8. The summed E-state index contributed by atoms with van der Waals surface area (Å²) in [5.41, 5.74) is 3.20. The summed E-state index contributed by atoms with van der Waals surface area (Å²) in [7, 11) is 0. The minimum Gasteiger partial charge on any atom is -0.493 e. The van der Waals surface area contributed by atoms with Gasteiger partial charge in [-0.15, -0.1) is 0 Å². The normalized spacial score (nSPS) is 18.7. The number of hydrogen-bond donors (Lipinski definition) is 1. The second kappa shape index (κ2) is 6.08. The van der Waals surface area contributed by atoms with E-state index < -0.39 is 6.10 Å². The van der Waals surface area contributed by atoms with Crippen molar-refractivity contribution in [1.29, 1.82) is 0 Å². The molecule has 0 fully saturated rings. The molecule has 2 aromatic rings. The predicted molar refractivity (Wildman–Crippen MR) is 85.1 cm³/mol. The lowest BCUT2D eigenvalue weighted by Crippen LogP contribution is -2.16. The Labute approximate surface area is 130 Å². The highest BCUT2D eigenvalue weighted by atomic mass is 35.5. The maximum absolute atomic E-state index is 10.6. The molecule has 2 nitrogen and oxygen atoms in total. The molecule has 0 spiro atoms. The summed E-state index contributed by atoms with van der Waals surface area (Å²) in [6, 6.07) is 13.8. The number of aryl methyl sites for hydroxylation is 1. The van der Waals surface area contributed by atoms with Crippen LogP contribution < -0.4 is 4.74 Å². The molecule has 0 aromatic heterocycles. The van der Waals surface area contributed by atoms with Gasteiger partial charge < -0.3 is 9.84 Å². The van der Waals surface area contributed by atoms with E-state index in [1.165, 1.54) is 5.56 Å². The highest BCUT2D eigenvalue weighted by Gasteiger charge is 2.24. The Morgan fingerprint density at radius 1 is 1.29 bits per heavy atom. The highest BCUT2D eigenvalue weighted by Crippen LogP contribution is 2.39. The fraction of sp³-hybridized carbons (Fsp3) is 0.333. The zero-order valence-electron chi connectivity index (χ0n) is 12.1. The maximum atomic E-state index is 10.6. The third-order valence-electron chi connectivity index (χ3n) is 4.19. The Morgan fingerprint density at radius 2 is 2.10 bits per heavy atom. The van der Waals surface area contributed by atoms with Crippen LogP contribution in [0.4, 0.5) is 0 Å². The van der Waals surface area contributed by atoms with Crippen LogP contribution in [0.2, 0.25) is 5.02 Å². The van der Waals surface area contributed by atoms with Gasteiger partial charge in [-0.3, -0.25) is 0 Å². The fourth-order valence-electron chi connectivity index (χ4n) is 3.03. The summed E-state index contributed by atoms with van der Waals surface area (Å²) in [5.74, 6) is 1.27. The molecule has 0 aliphatic carbocycles. The molecule has 1 aliphatic rings. The number of rotatable bonds is 3. The lowest BCUT2D eigenvalue weighted by Gasteiger charge is -2.28. The molecule has 0 radical (unpaired) electrons. The highest BCUT2D eigenvalue weighted by molar-refractivity contribution is 6.30. The number of halogens is 1. The molecule has 3 rings (SSSR count). The van der Waals surface area contributed by atoms with Gasteiger partial charge in [0.25, 0.3) is 0 Å². The van der Waals surface area contributed by atoms with Crippen molar-refractivity contribution in [3.05, 3.63) is 64.2 Å². The van der Waals surface area contributed by atoms with Crippen LogP contribution in [0.5, 0.6) is 5.75 Å². The Balaban J connectivity index is 1.82. The number of aliphatic hydroxyl groups excluding tert-OH is 1. The van der Waals surface area contributed by atoms with Gasteiger partial charge in [-0.1, -0.05) is 35.9 Å². The molecule has 0 saturated carbocycles. The molecule has 3 heteroatoms. The van der Waals surface area contributed by atoms with Gasteiger partial charge in [0.1, 0.15) is 5.75 Å². The monoisotopic (exact) mass is 302 g/mol. The summed E-state index contributed by atoms with van der Waals surface area (Å²) in [4.78, 5) is 0. The van der Waals surface area contributed by atoms with Gasteiger partial charge in [-0.2, -0.15) is 0 Å². The zero-order chi connectivity index (χ0) is 14.8. The van der Waals surface area contributed by atoms with Crippen molar-refractivity contribution < 1.29 is 9.84 Å². The first-order valence-electron chi connectivity index (χ1n) is 7.31. The molecule has 2 aromatic carbocycles. The Kier molecular flexibility index (Phi) is 4.18. The summed E-state index contributed by atoms with van der Waals surface area (Å²) in [6.07, 6.45) is 1.13. The number of benzene rings is 2. The van der Waals surface area contributed by atoms with Crippen LogP contribution in [0.15, 0.2) is 42.5 Å². The van der Waals surface area contributed by atoms with Crippen LogP contribution in [0.25, 0.3) is 0 Å². The van der Waals surface area contributed by atoms with Gasteiger partial charge in [0.15, 0.2) is 0 Å². The van der Waals surface area contributed by atoms with E-state index in [0.717, 1.165) is 23.3 Å². The van der Waals surface area contributed by atoms with Crippen LogP contribution in [0, 0.1) is 6.92 Å². The van der Waals surface area contributed by atoms with Gasteiger partial charge in [-0.25, -0.2) is 0 Å². The van der Waals surface area contributed by atoms with E-state index in [9.17, 15) is 5.11 Å². The van der Waals surface area contributed by atoms with Crippen LogP contribution in [0.1, 0.15) is 41.6 Å². The van der Waals surface area contributed by atoms with Crippen molar-refractivity contribution >= 4 is 11.6 Å². The lowest BCUT2D eigenvalue weighted by molar-refractivity contribution is 0.144. The topological polar surface area (TPSA) is 29.5 Å². The van der Waals surface area contributed by atoms with Crippen molar-refractivity contribution in [3.63, 3.8) is 0 Å². The van der Waals surface area contributed by atoms with E-state index >= 15 is 0 Å². The molecule has 0 bridgehead atoms. The standard InChI is InChI=1S/C18H19ClO2/c1-12-6-7-14(19)11-16(12)17(20)10-13-8-9-21-18-5-3-2-4-15(13)18/h2-7,11,13,17,20H,8-10H2,1H3. The smallest absolute Gasteiger partial charge is 0.122 e. The first-order valence-corrected chi connectivity index (χ1v) is 7.69. The van der Waals surface area contributed by atoms with E-state index in [4.69, 9.17) is 16.3 Å². The molecule has 1 aliphatic heterocycles. The molecule has 110 valence electrons. The van der Waals surface area contributed by atoms with Crippen molar-refractivity contribution in [2.24, 2.45) is 0 Å². The van der Waals surface area contributed by atoms with Gasteiger partial charge in [-0.05, 0) is 60.6 Å². The van der Waals surface area contributed by atoms with Crippen molar-refractivity contribution in [2.75, 3.05) is 6.61 Å². The second-order valence-corrected chi connectivity index (χ2v) is 6.06. The largest absolute Gasteiger partial charge is 0.493 e. The van der Waals surface area contributed by atoms with Crippen LogP contribution in [-0.2, 0) is 0 Å². The summed E-state index contributed by atoms with van der Waals surface area (Å²) >= 11 is 6.05. The van der Waals surface area contributed by atoms with Crippen LogP contribution in [-0.4, -0.2) is 11.7 Å². The maximum Gasteiger partial charge on any atom is 0.122 e. The van der Waals surface area contributed by atoms with E-state index in [1.807, 2.05) is 43.3 Å². The van der Waals surface area contributed by atoms with E-state index in [-0.39, 0.29) is 0 Å². The molecule has 2 unspecified atom stereocenters. The van der Waals surface area contributed by atoms with Gasteiger partial charge in [0, 0.05) is 5.02 Å². The molecular formula is C18H19ClO2. The molecule has 0 saturated heterocycles. The number of aliphatic hydroxyl groups is 1. The fourth-order valence-corrected chi connectivity index (χ4v) is 3.21. The molecule has 21 heavy (non-hydrogen) atoms. The van der Waals surface area contributed by atoms with Gasteiger partial charge >= 0.3 is 0 Å². The average molecular weight is 303 g/mol. The quantitative estimate of drug-likeness (QED) is 0.895. The Hall–Kier alpha value is -1.51. The molecule has 2 atom stereocenters. The van der Waals surface area contributed by atoms with Crippen molar-refractivity contribution in [3.8, 4) is 5.75 Å². The minimum atomic E-state index is -0.500. The summed E-state index contributed by atoms with van der Waals surface area (Å²) < 4.78 is 5.68. The molecule has 1 heterocycles. The Bertz CT molecular complexity index is 639. The number of fused-ring (bicyclic) bond motifs is 1. The van der Waals surface area contributed by atoms with Gasteiger partial charge in [0.2, 0.25) is 0 Å². The minimum absolute atomic E-state index is 0.323. The van der Waals surface area contributed by atoms with E-state index in [0.29, 0.717) is 24.0 Å². The van der Waals surface area contributed by atoms with Crippen molar-refractivity contribution in [1.82, 2.24) is 0 Å². The number of hydrogen-bond acceptors (Lipinski definition) is 2. The lowest BCUT2D eigenvalue weighted by atomic mass is 9.86. The van der Waals surface area contributed by atoms with E-state index in [2.05, 4.69) is 6.07 Å². The number of ether oxygens (including phenoxy) is 1. The van der Waals surface area contributed by atoms with E-state index in [1.54, 1.807) is 0 Å². The second-order valence-electron chi connectivity index (χ2n) is 5.62. The summed E-state index contributed by atoms with van der Waals surface area (Å²) in [6.45, 7) is 2.72. The predicted octanol–water partition coefficient (Wildman–Crippen LogP) is 4.64. The Morgan fingerprint density at radius 3 is 2.95 bits per heavy atom. The molecular weight excluding hydrogens is 284 g/mol. The van der Waals surface area contributed by atoms with Crippen LogP contribution in [0.3, 0.4) is 0 Å². The van der Waals surface area contributed by atoms with Crippen molar-refractivity contribution in [2.45, 2.75) is 31.8 Å². The average Bonchev–Trinajstić information content (AvgIpc) is 2.50. The SMILES string of the molecule is Cc1ccc(Cl)cc1C(O)CC1CCOc2ccccc21. The summed E-state index contributed by atoms with van der Waals surface area (Å²) in [5, 5.41) is 11.3. The third-order valence-corrected chi connectivity index (χ3v) is 4.43. The third kappa shape index (κ3) is 3.07. The molecule has 1 N–H and O–H groups in total. The van der Waals surface area contributed by atoms with Gasteiger partial charge in [0.05, 0.1) is 12.7 Å². The molecule has 0 amide bonds. The first kappa shape index (κ1) is 14.4. The first-order chi connectivity index (χ1) is 10.1. The van der Waals surface area contributed by atoms with Crippen LogP contribution >= 0.6 is 11.6 Å². The number of para-hydroxylation sites is 1.